The molecule has 0 bridgehead atoms. The molecule has 1 heterocycles. The molecule has 0 aliphatic rings. The van der Waals surface area contributed by atoms with Crippen LogP contribution in [0.15, 0.2) is 30.3 Å². The first kappa shape index (κ1) is 17.1. The standard InChI is InChI=1S/C15H19N3O4S/c1-4-23(21,22)10-11(2)17(3)15-8-5-12-9-13(18(19)20)6-7-14(12)16-15/h5-9,11H,4,10H2,1-3H3/t11-/m1/s1. The zero-order valence-electron chi connectivity index (χ0n) is 13.3. The van der Waals surface area contributed by atoms with E-state index in [1.165, 1.54) is 12.1 Å². The van der Waals surface area contributed by atoms with E-state index in [-0.39, 0.29) is 23.2 Å². The number of pyridine rings is 1. The third kappa shape index (κ3) is 3.95. The molecule has 2 aromatic rings. The zero-order valence-corrected chi connectivity index (χ0v) is 14.1. The van der Waals surface area contributed by atoms with Gasteiger partial charge in [-0.15, -0.1) is 0 Å². The molecule has 1 atom stereocenters. The van der Waals surface area contributed by atoms with Crippen molar-refractivity contribution >= 4 is 32.2 Å². The Kier molecular flexibility index (Phi) is 4.84. The lowest BCUT2D eigenvalue weighted by Gasteiger charge is -2.25. The van der Waals surface area contributed by atoms with E-state index in [0.717, 1.165) is 0 Å². The molecular weight excluding hydrogens is 318 g/mol. The highest BCUT2D eigenvalue weighted by atomic mass is 32.2. The predicted molar refractivity (Wildman–Crippen MR) is 90.6 cm³/mol. The highest BCUT2D eigenvalue weighted by Gasteiger charge is 2.19. The minimum absolute atomic E-state index is 0.0165. The van der Waals surface area contributed by atoms with Crippen LogP contribution >= 0.6 is 0 Å². The molecule has 1 aromatic carbocycles. The summed E-state index contributed by atoms with van der Waals surface area (Å²) in [5.41, 5.74) is 0.647. The van der Waals surface area contributed by atoms with Crippen LogP contribution < -0.4 is 4.90 Å². The van der Waals surface area contributed by atoms with Crippen molar-refractivity contribution in [1.29, 1.82) is 0 Å². The molecule has 1 aromatic heterocycles. The fourth-order valence-electron chi connectivity index (χ4n) is 2.24. The third-order valence-electron chi connectivity index (χ3n) is 3.83. The molecule has 0 radical (unpaired) electrons. The number of aromatic nitrogens is 1. The van der Waals surface area contributed by atoms with Gasteiger partial charge in [-0.1, -0.05) is 6.92 Å². The van der Waals surface area contributed by atoms with Gasteiger partial charge in [0, 0.05) is 36.4 Å². The molecule has 2 rings (SSSR count). The molecule has 8 heteroatoms. The molecule has 0 saturated heterocycles. The van der Waals surface area contributed by atoms with Crippen molar-refractivity contribution in [3.63, 3.8) is 0 Å². The van der Waals surface area contributed by atoms with Gasteiger partial charge in [-0.05, 0) is 25.1 Å². The SMILES string of the molecule is CCS(=O)(=O)C[C@@H](C)N(C)c1ccc2cc([N+](=O)[O-])ccc2n1. The van der Waals surface area contributed by atoms with E-state index < -0.39 is 14.8 Å². The monoisotopic (exact) mass is 337 g/mol. The number of nitro groups is 1. The van der Waals surface area contributed by atoms with Crippen LogP contribution in [0.5, 0.6) is 0 Å². The normalized spacial score (nSPS) is 13.0. The fraction of sp³-hybridized carbons (Fsp3) is 0.400. The third-order valence-corrected chi connectivity index (χ3v) is 5.70. The Labute approximate surface area is 135 Å². The van der Waals surface area contributed by atoms with Gasteiger partial charge in [0.1, 0.15) is 5.82 Å². The number of sulfone groups is 1. The first-order chi connectivity index (χ1) is 10.7. The number of anilines is 1. The van der Waals surface area contributed by atoms with Crippen LogP contribution in [0.25, 0.3) is 10.9 Å². The average molecular weight is 337 g/mol. The van der Waals surface area contributed by atoms with E-state index in [1.54, 1.807) is 37.1 Å². The number of benzene rings is 1. The van der Waals surface area contributed by atoms with Crippen molar-refractivity contribution in [1.82, 2.24) is 4.98 Å². The van der Waals surface area contributed by atoms with Crippen LogP contribution in [0.3, 0.4) is 0 Å². The maximum absolute atomic E-state index is 11.7. The van der Waals surface area contributed by atoms with Gasteiger partial charge in [-0.2, -0.15) is 0 Å². The highest BCUT2D eigenvalue weighted by Crippen LogP contribution is 2.23. The zero-order chi connectivity index (χ0) is 17.2. The summed E-state index contributed by atoms with van der Waals surface area (Å²) in [6, 6.07) is 7.74. The Bertz CT molecular complexity index is 836. The minimum atomic E-state index is -3.07. The van der Waals surface area contributed by atoms with Gasteiger partial charge in [0.05, 0.1) is 16.2 Å². The Morgan fingerprint density at radius 2 is 2.00 bits per heavy atom. The molecule has 0 aliphatic heterocycles. The van der Waals surface area contributed by atoms with Crippen LogP contribution in [0.1, 0.15) is 13.8 Å². The van der Waals surface area contributed by atoms with Crippen LogP contribution in [0.4, 0.5) is 11.5 Å². The molecule has 23 heavy (non-hydrogen) atoms. The van der Waals surface area contributed by atoms with E-state index in [0.29, 0.717) is 16.7 Å². The summed E-state index contributed by atoms with van der Waals surface area (Å²) in [4.78, 5) is 16.6. The molecule has 0 spiro atoms. The number of nitro benzene ring substituents is 1. The molecule has 7 nitrogen and oxygen atoms in total. The summed E-state index contributed by atoms with van der Waals surface area (Å²) in [7, 11) is -1.29. The van der Waals surface area contributed by atoms with Gasteiger partial charge in [0.2, 0.25) is 0 Å². The van der Waals surface area contributed by atoms with Crippen molar-refractivity contribution < 1.29 is 13.3 Å². The lowest BCUT2D eigenvalue weighted by Crippen LogP contribution is -2.36. The van der Waals surface area contributed by atoms with Crippen LogP contribution in [0, 0.1) is 10.1 Å². The van der Waals surface area contributed by atoms with Crippen LogP contribution in [0.2, 0.25) is 0 Å². The number of non-ortho nitro benzene ring substituents is 1. The molecule has 0 aliphatic carbocycles. The van der Waals surface area contributed by atoms with E-state index in [4.69, 9.17) is 0 Å². The molecule has 0 N–H and O–H groups in total. The first-order valence-corrected chi connectivity index (χ1v) is 9.04. The van der Waals surface area contributed by atoms with Gasteiger partial charge in [0.15, 0.2) is 9.84 Å². The summed E-state index contributed by atoms with van der Waals surface area (Å²) >= 11 is 0. The Morgan fingerprint density at radius 3 is 2.61 bits per heavy atom. The minimum Gasteiger partial charge on any atom is -0.356 e. The van der Waals surface area contributed by atoms with E-state index in [2.05, 4.69) is 4.98 Å². The molecule has 0 fully saturated rings. The van der Waals surface area contributed by atoms with Crippen molar-refractivity contribution in [3.8, 4) is 0 Å². The average Bonchev–Trinajstić information content (AvgIpc) is 2.52. The van der Waals surface area contributed by atoms with Gasteiger partial charge in [0.25, 0.3) is 5.69 Å². The smallest absolute Gasteiger partial charge is 0.270 e. The predicted octanol–water partition coefficient (Wildman–Crippen LogP) is 2.40. The number of rotatable bonds is 6. The lowest BCUT2D eigenvalue weighted by atomic mass is 10.2. The summed E-state index contributed by atoms with van der Waals surface area (Å²) < 4.78 is 23.5. The summed E-state index contributed by atoms with van der Waals surface area (Å²) in [5.74, 6) is 0.796. The summed E-state index contributed by atoms with van der Waals surface area (Å²) in [6.45, 7) is 3.46. The summed E-state index contributed by atoms with van der Waals surface area (Å²) in [6.07, 6.45) is 0. The van der Waals surface area contributed by atoms with E-state index >= 15 is 0 Å². The van der Waals surface area contributed by atoms with Gasteiger partial charge in [-0.25, -0.2) is 13.4 Å². The Balaban J connectivity index is 2.29. The number of nitrogens with zero attached hydrogens (tertiary/aromatic N) is 3. The van der Waals surface area contributed by atoms with Gasteiger partial charge in [-0.3, -0.25) is 10.1 Å². The molecule has 0 saturated carbocycles. The van der Waals surface area contributed by atoms with E-state index in [1.807, 2.05) is 6.92 Å². The number of hydrogen-bond acceptors (Lipinski definition) is 6. The highest BCUT2D eigenvalue weighted by molar-refractivity contribution is 7.91. The molecule has 124 valence electrons. The second kappa shape index (κ2) is 6.49. The number of hydrogen-bond donors (Lipinski definition) is 0. The Hall–Kier alpha value is -2.22. The second-order valence-corrected chi connectivity index (χ2v) is 7.86. The maximum Gasteiger partial charge on any atom is 0.270 e. The van der Waals surface area contributed by atoms with Gasteiger partial charge < -0.3 is 4.90 Å². The van der Waals surface area contributed by atoms with E-state index in [9.17, 15) is 18.5 Å². The van der Waals surface area contributed by atoms with Crippen molar-refractivity contribution in [2.75, 3.05) is 23.5 Å². The lowest BCUT2D eigenvalue weighted by molar-refractivity contribution is -0.384. The summed E-state index contributed by atoms with van der Waals surface area (Å²) in [5, 5.41) is 11.5. The van der Waals surface area contributed by atoms with Crippen molar-refractivity contribution in [2.24, 2.45) is 0 Å². The van der Waals surface area contributed by atoms with Crippen LogP contribution in [-0.2, 0) is 9.84 Å². The van der Waals surface area contributed by atoms with Crippen molar-refractivity contribution in [3.05, 3.63) is 40.4 Å². The largest absolute Gasteiger partial charge is 0.356 e. The fourth-order valence-corrected chi connectivity index (χ4v) is 3.43. The molecule has 0 unspecified atom stereocenters. The van der Waals surface area contributed by atoms with Crippen LogP contribution in [-0.4, -0.2) is 42.9 Å². The Morgan fingerprint density at radius 1 is 1.30 bits per heavy atom. The number of fused-ring (bicyclic) bond motifs is 1. The maximum atomic E-state index is 11.7. The van der Waals surface area contributed by atoms with Crippen molar-refractivity contribution in [2.45, 2.75) is 19.9 Å². The molecular formula is C15H19N3O4S. The topological polar surface area (TPSA) is 93.4 Å². The molecule has 0 amide bonds. The second-order valence-electron chi connectivity index (χ2n) is 5.46. The quantitative estimate of drug-likeness (QED) is 0.593. The van der Waals surface area contributed by atoms with Gasteiger partial charge >= 0.3 is 0 Å². The first-order valence-electron chi connectivity index (χ1n) is 7.22.